The highest BCUT2D eigenvalue weighted by Gasteiger charge is 2.12. The molecule has 1 nitrogen and oxygen atoms in total. The number of Topliss-reactive ketones (excluding diaryl/α,β-unsaturated/α-hetero) is 1. The predicted molar refractivity (Wildman–Crippen MR) is 60.3 cm³/mol. The number of hydrogen-bond donors (Lipinski definition) is 0. The summed E-state index contributed by atoms with van der Waals surface area (Å²) in [5, 5.41) is 0. The van der Waals surface area contributed by atoms with Crippen molar-refractivity contribution < 1.29 is 4.79 Å². The zero-order valence-electron chi connectivity index (χ0n) is 8.79. The van der Waals surface area contributed by atoms with Gasteiger partial charge in [-0.3, -0.25) is 4.79 Å². The van der Waals surface area contributed by atoms with Crippen molar-refractivity contribution >= 4 is 11.9 Å². The topological polar surface area (TPSA) is 17.1 Å². The third-order valence-corrected chi connectivity index (χ3v) is 2.49. The minimum absolute atomic E-state index is 0.115. The van der Waals surface area contributed by atoms with Gasteiger partial charge >= 0.3 is 0 Å². The minimum atomic E-state index is 0.115. The summed E-state index contributed by atoms with van der Waals surface area (Å²) >= 11 is 0. The lowest BCUT2D eigenvalue weighted by Crippen LogP contribution is -2.09. The number of rotatable bonds is 4. The second-order valence-electron chi connectivity index (χ2n) is 3.50. The molecule has 0 saturated heterocycles. The van der Waals surface area contributed by atoms with Crippen LogP contribution in [-0.4, -0.2) is 5.78 Å². The van der Waals surface area contributed by atoms with Gasteiger partial charge in [0.2, 0.25) is 0 Å². The lowest BCUT2D eigenvalue weighted by molar-refractivity contribution is 0.0927. The van der Waals surface area contributed by atoms with Crippen LogP contribution in [0.15, 0.2) is 30.8 Å². The molecule has 0 heterocycles. The van der Waals surface area contributed by atoms with Gasteiger partial charge in [-0.15, -0.1) is 0 Å². The van der Waals surface area contributed by atoms with Gasteiger partial charge in [-0.05, 0) is 12.0 Å². The quantitative estimate of drug-likeness (QED) is 0.660. The molecule has 0 N–H and O–H groups in total. The van der Waals surface area contributed by atoms with Crippen molar-refractivity contribution in [3.63, 3.8) is 0 Å². The average molecular weight is 188 g/mol. The second-order valence-corrected chi connectivity index (χ2v) is 3.50. The fourth-order valence-corrected chi connectivity index (χ4v) is 1.25. The summed E-state index contributed by atoms with van der Waals surface area (Å²) < 4.78 is 0. The highest BCUT2D eigenvalue weighted by Crippen LogP contribution is 2.13. The van der Waals surface area contributed by atoms with E-state index in [0.717, 1.165) is 17.5 Å². The molecule has 0 aliphatic rings. The Kier molecular flexibility index (Phi) is 3.63. The van der Waals surface area contributed by atoms with E-state index >= 15 is 0 Å². The van der Waals surface area contributed by atoms with Gasteiger partial charge in [-0.25, -0.2) is 0 Å². The summed E-state index contributed by atoms with van der Waals surface area (Å²) in [5.41, 5.74) is 1.84. The van der Waals surface area contributed by atoms with Crippen LogP contribution in [0.25, 0.3) is 6.08 Å². The molecule has 0 saturated carbocycles. The molecule has 1 rings (SSSR count). The van der Waals surface area contributed by atoms with Crippen LogP contribution in [0.3, 0.4) is 0 Å². The first-order chi connectivity index (χ1) is 6.69. The molecule has 1 aromatic rings. The standard InChI is InChI=1S/C13H16O/c1-4-10(3)13(14)12-8-6-11(5-2)7-9-12/h5-10H,2,4H2,1,3H3. The third kappa shape index (κ3) is 2.32. The first-order valence-corrected chi connectivity index (χ1v) is 4.95. The molecule has 14 heavy (non-hydrogen) atoms. The van der Waals surface area contributed by atoms with Crippen molar-refractivity contribution in [1.29, 1.82) is 0 Å². The third-order valence-electron chi connectivity index (χ3n) is 2.49. The van der Waals surface area contributed by atoms with Crippen LogP contribution >= 0.6 is 0 Å². The monoisotopic (exact) mass is 188 g/mol. The second kappa shape index (κ2) is 4.75. The van der Waals surface area contributed by atoms with Gasteiger partial charge in [0.05, 0.1) is 0 Å². The van der Waals surface area contributed by atoms with Gasteiger partial charge in [0.1, 0.15) is 0 Å². The van der Waals surface area contributed by atoms with Crippen LogP contribution < -0.4 is 0 Å². The van der Waals surface area contributed by atoms with E-state index in [4.69, 9.17) is 0 Å². The molecule has 1 aromatic carbocycles. The Labute approximate surface area is 85.5 Å². The molecule has 0 aliphatic carbocycles. The number of carbonyl (C=O) groups is 1. The van der Waals surface area contributed by atoms with Crippen molar-refractivity contribution in [3.05, 3.63) is 42.0 Å². The van der Waals surface area contributed by atoms with Crippen molar-refractivity contribution in [3.8, 4) is 0 Å². The normalized spacial score (nSPS) is 12.1. The SMILES string of the molecule is C=Cc1ccc(C(=O)C(C)CC)cc1. The maximum Gasteiger partial charge on any atom is 0.165 e. The Balaban J connectivity index is 2.86. The highest BCUT2D eigenvalue weighted by molar-refractivity contribution is 5.97. The molecule has 1 unspecified atom stereocenters. The fraction of sp³-hybridized carbons (Fsp3) is 0.308. The van der Waals surface area contributed by atoms with E-state index in [2.05, 4.69) is 6.58 Å². The van der Waals surface area contributed by atoms with Gasteiger partial charge in [0.15, 0.2) is 5.78 Å². The lowest BCUT2D eigenvalue weighted by atomic mass is 9.96. The number of hydrogen-bond acceptors (Lipinski definition) is 1. The molecule has 1 atom stereocenters. The maximum absolute atomic E-state index is 11.7. The summed E-state index contributed by atoms with van der Waals surface area (Å²) in [6, 6.07) is 7.57. The molecule has 0 spiro atoms. The van der Waals surface area contributed by atoms with E-state index in [1.165, 1.54) is 0 Å². The number of benzene rings is 1. The summed E-state index contributed by atoms with van der Waals surface area (Å²) in [4.78, 5) is 11.7. The van der Waals surface area contributed by atoms with Crippen molar-refractivity contribution in [2.75, 3.05) is 0 Å². The summed E-state index contributed by atoms with van der Waals surface area (Å²) in [6.45, 7) is 7.66. The first-order valence-electron chi connectivity index (χ1n) is 4.95. The van der Waals surface area contributed by atoms with Gasteiger partial charge in [-0.2, -0.15) is 0 Å². The smallest absolute Gasteiger partial charge is 0.165 e. The fourth-order valence-electron chi connectivity index (χ4n) is 1.25. The Bertz CT molecular complexity index is 322. The predicted octanol–water partition coefficient (Wildman–Crippen LogP) is 3.56. The van der Waals surface area contributed by atoms with Crippen molar-refractivity contribution in [1.82, 2.24) is 0 Å². The Hall–Kier alpha value is -1.37. The lowest BCUT2D eigenvalue weighted by Gasteiger charge is -2.07. The number of carbonyl (C=O) groups excluding carboxylic acids is 1. The summed E-state index contributed by atoms with van der Waals surface area (Å²) in [6.07, 6.45) is 2.67. The molecule has 74 valence electrons. The van der Waals surface area contributed by atoms with Gasteiger partial charge < -0.3 is 0 Å². The van der Waals surface area contributed by atoms with Crippen LogP contribution in [0.4, 0.5) is 0 Å². The summed E-state index contributed by atoms with van der Waals surface area (Å²) in [5.74, 6) is 0.340. The van der Waals surface area contributed by atoms with E-state index in [1.807, 2.05) is 38.1 Å². The van der Waals surface area contributed by atoms with Crippen LogP contribution in [-0.2, 0) is 0 Å². The molecule has 1 heteroatoms. The molecular weight excluding hydrogens is 172 g/mol. The van der Waals surface area contributed by atoms with Crippen molar-refractivity contribution in [2.45, 2.75) is 20.3 Å². The largest absolute Gasteiger partial charge is 0.294 e. The molecule has 0 bridgehead atoms. The Morgan fingerprint density at radius 1 is 1.43 bits per heavy atom. The van der Waals surface area contributed by atoms with Crippen LogP contribution in [0.1, 0.15) is 36.2 Å². The zero-order valence-corrected chi connectivity index (χ0v) is 8.79. The first kappa shape index (κ1) is 10.7. The Morgan fingerprint density at radius 3 is 2.43 bits per heavy atom. The molecule has 0 fully saturated rings. The van der Waals surface area contributed by atoms with Gasteiger partial charge in [-0.1, -0.05) is 50.8 Å². The van der Waals surface area contributed by atoms with E-state index in [1.54, 1.807) is 6.08 Å². The summed E-state index contributed by atoms with van der Waals surface area (Å²) in [7, 11) is 0. The number of ketones is 1. The van der Waals surface area contributed by atoms with Crippen LogP contribution in [0.5, 0.6) is 0 Å². The average Bonchev–Trinajstić information content (AvgIpc) is 2.27. The van der Waals surface area contributed by atoms with E-state index < -0.39 is 0 Å². The van der Waals surface area contributed by atoms with Gasteiger partial charge in [0, 0.05) is 11.5 Å². The Morgan fingerprint density at radius 2 is 2.00 bits per heavy atom. The maximum atomic E-state index is 11.7. The van der Waals surface area contributed by atoms with E-state index in [-0.39, 0.29) is 11.7 Å². The molecule has 0 aliphatic heterocycles. The molecular formula is C13H16O. The van der Waals surface area contributed by atoms with Crippen molar-refractivity contribution in [2.24, 2.45) is 5.92 Å². The van der Waals surface area contributed by atoms with E-state index in [0.29, 0.717) is 0 Å². The molecule has 0 radical (unpaired) electrons. The zero-order chi connectivity index (χ0) is 10.6. The van der Waals surface area contributed by atoms with Gasteiger partial charge in [0.25, 0.3) is 0 Å². The van der Waals surface area contributed by atoms with Crippen LogP contribution in [0, 0.1) is 5.92 Å². The molecule has 0 amide bonds. The minimum Gasteiger partial charge on any atom is -0.294 e. The highest BCUT2D eigenvalue weighted by atomic mass is 16.1. The van der Waals surface area contributed by atoms with E-state index in [9.17, 15) is 4.79 Å². The van der Waals surface area contributed by atoms with Crippen LogP contribution in [0.2, 0.25) is 0 Å². The molecule has 0 aromatic heterocycles.